The van der Waals surface area contributed by atoms with Crippen molar-refractivity contribution in [2.75, 3.05) is 46.9 Å². The second-order valence-corrected chi connectivity index (χ2v) is 6.96. The summed E-state index contributed by atoms with van der Waals surface area (Å²) in [4.78, 5) is 7.23. The number of likely N-dealkylation sites (N-methyl/N-ethyl adjacent to an activating group) is 1. The maximum atomic E-state index is 5.27. The van der Waals surface area contributed by atoms with Crippen LogP contribution in [0.15, 0.2) is 4.99 Å². The Bertz CT molecular complexity index is 348. The summed E-state index contributed by atoms with van der Waals surface area (Å²) in [6.07, 6.45) is 6.23. The van der Waals surface area contributed by atoms with E-state index >= 15 is 0 Å². The molecule has 0 radical (unpaired) electrons. The third-order valence-electron chi connectivity index (χ3n) is 5.27. The average Bonchev–Trinajstić information content (AvgIpc) is 2.52. The summed E-state index contributed by atoms with van der Waals surface area (Å²) in [5.74, 6) is 0.953. The van der Waals surface area contributed by atoms with Crippen LogP contribution < -0.4 is 10.6 Å². The number of guanidine groups is 1. The number of hydrogen-bond acceptors (Lipinski definition) is 3. The average molecular weight is 454 g/mol. The molecule has 1 atom stereocenters. The van der Waals surface area contributed by atoms with Crippen LogP contribution in [-0.2, 0) is 4.74 Å². The predicted octanol–water partition coefficient (Wildman–Crippen LogP) is 3.10. The normalized spacial score (nSPS) is 17.8. The number of methoxy groups -OCH3 is 1. The van der Waals surface area contributed by atoms with Gasteiger partial charge in [0, 0.05) is 45.9 Å². The topological polar surface area (TPSA) is 48.9 Å². The molecule has 1 fully saturated rings. The number of nitrogens with zero attached hydrogens (tertiary/aromatic N) is 2. The fourth-order valence-electron chi connectivity index (χ4n) is 2.95. The largest absolute Gasteiger partial charge is 0.385 e. The molecule has 24 heavy (non-hydrogen) atoms. The summed E-state index contributed by atoms with van der Waals surface area (Å²) in [7, 11) is 3.98. The number of hydrogen-bond donors (Lipinski definition) is 2. The molecule has 0 bridgehead atoms. The van der Waals surface area contributed by atoms with Crippen molar-refractivity contribution in [2.24, 2.45) is 10.4 Å². The number of rotatable bonds is 11. The van der Waals surface area contributed by atoms with Crippen molar-refractivity contribution >= 4 is 29.9 Å². The Hall–Kier alpha value is -0.0800. The lowest BCUT2D eigenvalue weighted by Crippen LogP contribution is -2.43. The van der Waals surface area contributed by atoms with Gasteiger partial charge in [-0.2, -0.15) is 0 Å². The molecule has 1 rings (SSSR count). The fourth-order valence-corrected chi connectivity index (χ4v) is 2.95. The summed E-state index contributed by atoms with van der Waals surface area (Å²) in [5, 5.41) is 6.84. The van der Waals surface area contributed by atoms with E-state index in [1.54, 1.807) is 7.11 Å². The molecule has 5 nitrogen and oxygen atoms in total. The molecule has 1 saturated carbocycles. The van der Waals surface area contributed by atoms with E-state index in [0.29, 0.717) is 11.5 Å². The van der Waals surface area contributed by atoms with Crippen LogP contribution in [0.3, 0.4) is 0 Å². The summed E-state index contributed by atoms with van der Waals surface area (Å²) < 4.78 is 5.27. The highest BCUT2D eigenvalue weighted by Crippen LogP contribution is 2.44. The molecule has 0 aromatic carbocycles. The van der Waals surface area contributed by atoms with Crippen LogP contribution >= 0.6 is 24.0 Å². The van der Waals surface area contributed by atoms with Gasteiger partial charge in [-0.3, -0.25) is 4.99 Å². The lowest BCUT2D eigenvalue weighted by atomic mass is 9.67. The predicted molar refractivity (Wildman–Crippen MR) is 115 cm³/mol. The monoisotopic (exact) mass is 454 g/mol. The highest BCUT2D eigenvalue weighted by atomic mass is 127. The minimum Gasteiger partial charge on any atom is -0.385 e. The summed E-state index contributed by atoms with van der Waals surface area (Å²) >= 11 is 0. The van der Waals surface area contributed by atoms with Gasteiger partial charge in [-0.15, -0.1) is 24.0 Å². The first-order valence-electron chi connectivity index (χ1n) is 9.28. The van der Waals surface area contributed by atoms with Crippen molar-refractivity contribution in [1.82, 2.24) is 15.5 Å². The molecule has 6 heteroatoms. The second kappa shape index (κ2) is 13.2. The van der Waals surface area contributed by atoms with Crippen LogP contribution in [0.5, 0.6) is 0 Å². The molecular formula is C18H39IN4O. The lowest BCUT2D eigenvalue weighted by Gasteiger charge is -2.40. The number of ether oxygens (including phenoxy) is 1. The van der Waals surface area contributed by atoms with E-state index in [4.69, 9.17) is 9.73 Å². The molecule has 1 unspecified atom stereocenters. The highest BCUT2D eigenvalue weighted by Gasteiger charge is 2.36. The molecule has 2 N–H and O–H groups in total. The zero-order chi connectivity index (χ0) is 17.1. The molecule has 0 saturated heterocycles. The lowest BCUT2D eigenvalue weighted by molar-refractivity contribution is 0.0778. The summed E-state index contributed by atoms with van der Waals surface area (Å²) in [6.45, 7) is 11.2. The van der Waals surface area contributed by atoms with E-state index in [9.17, 15) is 0 Å². The van der Waals surface area contributed by atoms with Crippen molar-refractivity contribution in [2.45, 2.75) is 58.9 Å². The summed E-state index contributed by atoms with van der Waals surface area (Å²) in [6, 6.07) is 0.628. The number of aliphatic imine (C=N–C) groups is 1. The fraction of sp³-hybridized carbons (Fsp3) is 0.944. The molecule has 0 heterocycles. The van der Waals surface area contributed by atoms with Crippen LogP contribution in [0.25, 0.3) is 0 Å². The first-order chi connectivity index (χ1) is 11.1. The van der Waals surface area contributed by atoms with Gasteiger partial charge in [-0.1, -0.05) is 13.3 Å². The third-order valence-corrected chi connectivity index (χ3v) is 5.27. The zero-order valence-corrected chi connectivity index (χ0v) is 18.7. The van der Waals surface area contributed by atoms with Crippen LogP contribution in [-0.4, -0.2) is 63.8 Å². The Morgan fingerprint density at radius 1 is 1.29 bits per heavy atom. The van der Waals surface area contributed by atoms with E-state index in [1.807, 2.05) is 0 Å². The van der Waals surface area contributed by atoms with Crippen molar-refractivity contribution in [1.29, 1.82) is 0 Å². The molecule has 0 aliphatic heterocycles. The highest BCUT2D eigenvalue weighted by molar-refractivity contribution is 14.0. The maximum absolute atomic E-state index is 5.27. The standard InChI is InChI=1S/C18H38N4O.HI/c1-6-16(3)22(4)13-12-20-17(19-7-2)21-15-18(9-8-10-18)11-14-23-5;/h16H,6-15H2,1-5H3,(H2,19,20,21);1H. The molecule has 0 aromatic rings. The Balaban J connectivity index is 0.00000529. The van der Waals surface area contributed by atoms with Crippen LogP contribution in [0, 0.1) is 5.41 Å². The van der Waals surface area contributed by atoms with Crippen LogP contribution in [0.1, 0.15) is 52.9 Å². The first kappa shape index (κ1) is 23.9. The Kier molecular flexibility index (Phi) is 13.1. The molecule has 1 aliphatic carbocycles. The van der Waals surface area contributed by atoms with Gasteiger partial charge in [0.2, 0.25) is 0 Å². The minimum atomic E-state index is 0. The van der Waals surface area contributed by atoms with E-state index < -0.39 is 0 Å². The van der Waals surface area contributed by atoms with E-state index in [0.717, 1.165) is 45.2 Å². The Morgan fingerprint density at radius 3 is 2.50 bits per heavy atom. The quantitative estimate of drug-likeness (QED) is 0.286. The number of halogens is 1. The Morgan fingerprint density at radius 2 is 2.00 bits per heavy atom. The summed E-state index contributed by atoms with van der Waals surface area (Å²) in [5.41, 5.74) is 0.381. The van der Waals surface area contributed by atoms with Gasteiger partial charge in [0.15, 0.2) is 5.96 Å². The Labute approximate surface area is 166 Å². The van der Waals surface area contributed by atoms with Crippen molar-refractivity contribution in [3.05, 3.63) is 0 Å². The second-order valence-electron chi connectivity index (χ2n) is 6.96. The van der Waals surface area contributed by atoms with Gasteiger partial charge < -0.3 is 20.3 Å². The van der Waals surface area contributed by atoms with Crippen molar-refractivity contribution < 1.29 is 4.74 Å². The smallest absolute Gasteiger partial charge is 0.191 e. The van der Waals surface area contributed by atoms with E-state index in [-0.39, 0.29) is 24.0 Å². The van der Waals surface area contributed by atoms with Gasteiger partial charge in [0.05, 0.1) is 0 Å². The molecule has 0 amide bonds. The molecule has 144 valence electrons. The number of nitrogens with one attached hydrogen (secondary N) is 2. The van der Waals surface area contributed by atoms with E-state index in [2.05, 4.69) is 43.4 Å². The van der Waals surface area contributed by atoms with Crippen molar-refractivity contribution in [3.8, 4) is 0 Å². The maximum Gasteiger partial charge on any atom is 0.191 e. The molecule has 1 aliphatic rings. The molecular weight excluding hydrogens is 415 g/mol. The van der Waals surface area contributed by atoms with E-state index in [1.165, 1.54) is 25.7 Å². The molecule has 0 spiro atoms. The van der Waals surface area contributed by atoms with Crippen molar-refractivity contribution in [3.63, 3.8) is 0 Å². The SMILES string of the molecule is CCNC(=NCC1(CCOC)CCC1)NCCN(C)C(C)CC.I. The van der Waals surface area contributed by atoms with Crippen LogP contribution in [0.2, 0.25) is 0 Å². The van der Waals surface area contributed by atoms with Crippen LogP contribution in [0.4, 0.5) is 0 Å². The van der Waals surface area contributed by atoms with Gasteiger partial charge in [-0.05, 0) is 52.0 Å². The van der Waals surface area contributed by atoms with Gasteiger partial charge in [0.25, 0.3) is 0 Å². The third kappa shape index (κ3) is 8.34. The minimum absolute atomic E-state index is 0. The zero-order valence-electron chi connectivity index (χ0n) is 16.4. The van der Waals surface area contributed by atoms with Gasteiger partial charge in [0.1, 0.15) is 0 Å². The first-order valence-corrected chi connectivity index (χ1v) is 9.28. The molecule has 0 aromatic heterocycles. The van der Waals surface area contributed by atoms with Gasteiger partial charge >= 0.3 is 0 Å². The van der Waals surface area contributed by atoms with Gasteiger partial charge in [-0.25, -0.2) is 0 Å².